The molecule has 17 heavy (non-hydrogen) atoms. The number of methoxy groups -OCH3 is 1. The van der Waals surface area contributed by atoms with Gasteiger partial charge in [-0.1, -0.05) is 4.31 Å². The summed E-state index contributed by atoms with van der Waals surface area (Å²) in [5, 5.41) is 0. The number of carbonyl (C=O) groups is 1. The predicted molar refractivity (Wildman–Crippen MR) is 60.4 cm³/mol. The first-order chi connectivity index (χ1) is 7.67. The molecule has 0 aliphatic carbocycles. The van der Waals surface area contributed by atoms with Gasteiger partial charge in [0.2, 0.25) is 0 Å². The van der Waals surface area contributed by atoms with Gasteiger partial charge in [0, 0.05) is 11.3 Å². The monoisotopic (exact) mass is 268 g/mol. The lowest BCUT2D eigenvalue weighted by atomic mass is 10.2. The van der Waals surface area contributed by atoms with E-state index in [1.54, 1.807) is 20.8 Å². The Morgan fingerprint density at radius 3 is 2.65 bits per heavy atom. The van der Waals surface area contributed by atoms with Crippen LogP contribution in [0.3, 0.4) is 0 Å². The van der Waals surface area contributed by atoms with Crippen molar-refractivity contribution in [1.29, 1.82) is 0 Å². The van der Waals surface area contributed by atoms with E-state index in [2.05, 4.69) is 4.18 Å². The molecule has 1 saturated heterocycles. The maximum Gasteiger partial charge on any atom is 0.472 e. The minimum atomic E-state index is -3.80. The lowest BCUT2D eigenvalue weighted by Crippen LogP contribution is -2.46. The van der Waals surface area contributed by atoms with Crippen LogP contribution in [0.2, 0.25) is 0 Å². The molecular weight excluding hydrogens is 250 g/mol. The summed E-state index contributed by atoms with van der Waals surface area (Å²) in [5.74, 6) is 0. The van der Waals surface area contributed by atoms with Crippen molar-refractivity contribution < 1.29 is 27.2 Å². The van der Waals surface area contributed by atoms with Crippen LogP contribution in [-0.4, -0.2) is 46.9 Å². The van der Waals surface area contributed by atoms with Crippen LogP contribution in [0.4, 0.5) is 4.79 Å². The Morgan fingerprint density at radius 1 is 1.59 bits per heavy atom. The molecule has 1 amide bonds. The number of rotatable bonds is 2. The summed E-state index contributed by atoms with van der Waals surface area (Å²) in [4.78, 5) is 11.8. The zero-order valence-electron chi connectivity index (χ0n) is 10.3. The smallest absolute Gasteiger partial charge is 0.441 e. The lowest BCUT2D eigenvalue weighted by Gasteiger charge is -2.23. The van der Waals surface area contributed by atoms with Crippen LogP contribution in [-0.2, 0) is 28.5 Å². The van der Waals surface area contributed by atoms with E-state index < -0.39 is 28.4 Å². The SMILES string of the molecule is COC[C@@H]1CO[S+](=O)(O)N1C(=O)OC(C)(C)C. The molecule has 1 heterocycles. The summed E-state index contributed by atoms with van der Waals surface area (Å²) in [5.41, 5.74) is -0.743. The maximum absolute atomic E-state index is 11.8. The third-order valence-electron chi connectivity index (χ3n) is 1.93. The first kappa shape index (κ1) is 14.4. The number of amides is 1. The average molecular weight is 268 g/mol. The normalized spacial score (nSPS) is 29.5. The van der Waals surface area contributed by atoms with Crippen molar-refractivity contribution in [3.8, 4) is 0 Å². The topological polar surface area (TPSA) is 85.3 Å². The molecule has 2 atom stereocenters. The zero-order valence-corrected chi connectivity index (χ0v) is 11.2. The lowest BCUT2D eigenvalue weighted by molar-refractivity contribution is 0.0287. The average Bonchev–Trinajstić information content (AvgIpc) is 2.39. The number of carbonyl (C=O) groups excluding carboxylic acids is 1. The van der Waals surface area contributed by atoms with Gasteiger partial charge in [-0.15, -0.1) is 8.74 Å². The number of ether oxygens (including phenoxy) is 2. The highest BCUT2D eigenvalue weighted by atomic mass is 32.3. The van der Waals surface area contributed by atoms with Gasteiger partial charge in [0.05, 0.1) is 6.61 Å². The fourth-order valence-corrected chi connectivity index (χ4v) is 2.51. The van der Waals surface area contributed by atoms with Gasteiger partial charge >= 0.3 is 16.8 Å². The third kappa shape index (κ3) is 3.63. The molecule has 0 bridgehead atoms. The minimum Gasteiger partial charge on any atom is -0.441 e. The highest BCUT2D eigenvalue weighted by Crippen LogP contribution is 2.26. The molecule has 1 aliphatic heterocycles. The second-order valence-electron chi connectivity index (χ2n) is 4.65. The van der Waals surface area contributed by atoms with E-state index in [0.29, 0.717) is 4.31 Å². The first-order valence-corrected chi connectivity index (χ1v) is 6.49. The van der Waals surface area contributed by atoms with Crippen molar-refractivity contribution in [3.63, 3.8) is 0 Å². The summed E-state index contributed by atoms with van der Waals surface area (Å²) in [7, 11) is -2.37. The Hall–Kier alpha value is -0.700. The number of nitrogens with zero attached hydrogens (tertiary/aromatic N) is 1. The number of hydrogen-bond donors (Lipinski definition) is 1. The van der Waals surface area contributed by atoms with E-state index in [0.717, 1.165) is 0 Å². The molecule has 1 N–H and O–H groups in total. The standard InChI is InChI=1S/C9H17NO6S/c1-9(2,3)16-8(11)10-7(5-14-4)6-15-17(10,12)13/h7H,5-6H2,1-4H3/p+1/t7-/m1/s1. The van der Waals surface area contributed by atoms with Gasteiger partial charge in [0.25, 0.3) is 0 Å². The fraction of sp³-hybridized carbons (Fsp3) is 0.889. The van der Waals surface area contributed by atoms with Crippen molar-refractivity contribution in [1.82, 2.24) is 4.31 Å². The van der Waals surface area contributed by atoms with Gasteiger partial charge in [0.1, 0.15) is 18.2 Å². The third-order valence-corrected chi connectivity index (χ3v) is 3.31. The van der Waals surface area contributed by atoms with Gasteiger partial charge in [-0.25, -0.2) is 4.79 Å². The summed E-state index contributed by atoms with van der Waals surface area (Å²) in [6.45, 7) is 5.07. The molecule has 1 rings (SSSR count). The Balaban J connectivity index is 2.83. The molecule has 1 fully saturated rings. The van der Waals surface area contributed by atoms with Crippen LogP contribution in [0.15, 0.2) is 0 Å². The van der Waals surface area contributed by atoms with E-state index in [1.807, 2.05) is 0 Å². The van der Waals surface area contributed by atoms with Crippen LogP contribution in [0.25, 0.3) is 0 Å². The predicted octanol–water partition coefficient (Wildman–Crippen LogP) is 1.07. The van der Waals surface area contributed by atoms with Gasteiger partial charge in [0.15, 0.2) is 0 Å². The molecule has 0 saturated carbocycles. The molecule has 0 aromatic rings. The number of hydrogen-bond acceptors (Lipinski definition) is 5. The molecule has 8 heteroatoms. The molecule has 0 aromatic heterocycles. The second-order valence-corrected chi connectivity index (χ2v) is 6.17. The summed E-state index contributed by atoms with van der Waals surface area (Å²) < 4.78 is 36.4. The van der Waals surface area contributed by atoms with Crippen molar-refractivity contribution >= 4 is 16.8 Å². The Morgan fingerprint density at radius 2 is 2.18 bits per heavy atom. The van der Waals surface area contributed by atoms with Crippen LogP contribution >= 0.6 is 0 Å². The highest BCUT2D eigenvalue weighted by Gasteiger charge is 2.56. The van der Waals surface area contributed by atoms with Crippen LogP contribution in [0.5, 0.6) is 0 Å². The van der Waals surface area contributed by atoms with E-state index in [9.17, 15) is 13.6 Å². The van der Waals surface area contributed by atoms with Crippen LogP contribution < -0.4 is 0 Å². The maximum atomic E-state index is 11.8. The zero-order chi connectivity index (χ0) is 13.3. The minimum absolute atomic E-state index is 0.0532. The Labute approximate surface area is 102 Å². The van der Waals surface area contributed by atoms with Crippen molar-refractivity contribution in [2.75, 3.05) is 20.3 Å². The molecule has 0 spiro atoms. The summed E-state index contributed by atoms with van der Waals surface area (Å²) in [6, 6.07) is -0.618. The van der Waals surface area contributed by atoms with E-state index in [1.165, 1.54) is 7.11 Å². The molecule has 1 unspecified atom stereocenters. The van der Waals surface area contributed by atoms with Crippen LogP contribution in [0.1, 0.15) is 20.8 Å². The summed E-state index contributed by atoms with van der Waals surface area (Å²) >= 11 is 0. The van der Waals surface area contributed by atoms with Gasteiger partial charge in [-0.05, 0) is 20.8 Å². The second kappa shape index (κ2) is 4.89. The first-order valence-electron chi connectivity index (χ1n) is 5.09. The quantitative estimate of drug-likeness (QED) is 0.754. The molecule has 0 radical (unpaired) electrons. The largest absolute Gasteiger partial charge is 0.472 e. The van der Waals surface area contributed by atoms with E-state index in [-0.39, 0.29) is 13.2 Å². The Kier molecular flexibility index (Phi) is 4.13. The molecule has 1 aliphatic rings. The van der Waals surface area contributed by atoms with Gasteiger partial charge < -0.3 is 9.47 Å². The fourth-order valence-electron chi connectivity index (χ4n) is 1.34. The van der Waals surface area contributed by atoms with Gasteiger partial charge in [-0.3, -0.25) is 0 Å². The molecule has 100 valence electrons. The van der Waals surface area contributed by atoms with Crippen molar-refractivity contribution in [2.45, 2.75) is 32.4 Å². The molecular formula is C9H18NO6S+. The molecule has 0 aromatic carbocycles. The van der Waals surface area contributed by atoms with E-state index in [4.69, 9.17) is 9.47 Å². The van der Waals surface area contributed by atoms with Gasteiger partial charge in [-0.2, -0.15) is 0 Å². The Bertz CT molecular complexity index is 339. The van der Waals surface area contributed by atoms with E-state index >= 15 is 0 Å². The summed E-state index contributed by atoms with van der Waals surface area (Å²) in [6.07, 6.45) is -0.885. The highest BCUT2D eigenvalue weighted by molar-refractivity contribution is 7.91. The van der Waals surface area contributed by atoms with Crippen LogP contribution in [0, 0.1) is 0 Å². The van der Waals surface area contributed by atoms with Crippen molar-refractivity contribution in [2.24, 2.45) is 0 Å². The molecule has 7 nitrogen and oxygen atoms in total. The van der Waals surface area contributed by atoms with Crippen molar-refractivity contribution in [3.05, 3.63) is 0 Å².